The lowest BCUT2D eigenvalue weighted by Crippen LogP contribution is -2.62. The molecule has 11 heteroatoms. The molecule has 0 bridgehead atoms. The molecule has 4 aromatic rings. The lowest BCUT2D eigenvalue weighted by molar-refractivity contribution is -0.102. The van der Waals surface area contributed by atoms with Crippen LogP contribution in [0.5, 0.6) is 0 Å². The second kappa shape index (κ2) is 9.34. The summed E-state index contributed by atoms with van der Waals surface area (Å²) in [4.78, 5) is 32.1. The van der Waals surface area contributed by atoms with E-state index in [1.165, 1.54) is 21.9 Å². The maximum absolute atomic E-state index is 15.4. The van der Waals surface area contributed by atoms with E-state index in [2.05, 4.69) is 10.1 Å². The highest BCUT2D eigenvalue weighted by Crippen LogP contribution is 2.40. The summed E-state index contributed by atoms with van der Waals surface area (Å²) in [7, 11) is 1.72. The molecule has 6 rings (SSSR count). The molecule has 0 spiro atoms. The molecule has 1 saturated heterocycles. The van der Waals surface area contributed by atoms with Crippen molar-refractivity contribution in [1.29, 1.82) is 0 Å². The van der Waals surface area contributed by atoms with Crippen molar-refractivity contribution >= 4 is 22.9 Å². The Morgan fingerprint density at radius 3 is 2.49 bits per heavy atom. The molecule has 1 fully saturated rings. The van der Waals surface area contributed by atoms with Gasteiger partial charge in [0.05, 0.1) is 43.0 Å². The molecule has 41 heavy (non-hydrogen) atoms. The van der Waals surface area contributed by atoms with Crippen molar-refractivity contribution in [1.82, 2.24) is 24.6 Å². The summed E-state index contributed by atoms with van der Waals surface area (Å²) in [6.45, 7) is 5.32. The topological polar surface area (TPSA) is 101 Å². The number of halogens is 2. The number of aromatic nitrogens is 3. The fraction of sp³-hybridized carbons (Fsp3) is 0.333. The van der Waals surface area contributed by atoms with Crippen molar-refractivity contribution in [2.24, 2.45) is 7.05 Å². The lowest BCUT2D eigenvalue weighted by atomic mass is 9.84. The van der Waals surface area contributed by atoms with Gasteiger partial charge in [0.2, 0.25) is 0 Å². The number of aliphatic hydroxyl groups is 1. The van der Waals surface area contributed by atoms with E-state index < -0.39 is 28.9 Å². The van der Waals surface area contributed by atoms with Gasteiger partial charge in [-0.3, -0.25) is 14.5 Å². The van der Waals surface area contributed by atoms with E-state index in [1.807, 2.05) is 0 Å². The summed E-state index contributed by atoms with van der Waals surface area (Å²) >= 11 is 0. The fourth-order valence-electron chi connectivity index (χ4n) is 5.47. The predicted octanol–water partition coefficient (Wildman–Crippen LogP) is 4.51. The molecule has 0 saturated carbocycles. The predicted molar refractivity (Wildman–Crippen MR) is 146 cm³/mol. The second-order valence-corrected chi connectivity index (χ2v) is 11.7. The number of ether oxygens (including phenoxy) is 1. The first-order valence-corrected chi connectivity index (χ1v) is 13.2. The Balaban J connectivity index is 1.28. The van der Waals surface area contributed by atoms with Gasteiger partial charge in [0.15, 0.2) is 0 Å². The molecular formula is C30H29F2N5O4. The molecule has 4 heterocycles. The zero-order valence-corrected chi connectivity index (χ0v) is 23.1. The number of hydrogen-bond acceptors (Lipinski definition) is 6. The summed E-state index contributed by atoms with van der Waals surface area (Å²) in [5.74, 6) is -1.87. The Labute approximate surface area is 235 Å². The minimum atomic E-state index is -1.35. The van der Waals surface area contributed by atoms with Crippen LogP contribution in [0.1, 0.15) is 48.0 Å². The van der Waals surface area contributed by atoms with Crippen LogP contribution in [0.4, 0.5) is 13.6 Å². The fourth-order valence-corrected chi connectivity index (χ4v) is 5.47. The van der Waals surface area contributed by atoms with Crippen LogP contribution in [-0.4, -0.2) is 60.4 Å². The standard InChI is InChI=1S/C30H29F2N5O4/c1-29(2,3)41-28(39)37-15-30(40,16-37)22-8-7-18(20-12-35(4)34-26(20)22)17-10-23(31)21(24(32)11-17)13-36-14-25-19(27(36)38)6-5-9-33-25/h5-12,40H,13-16H2,1-4H3. The molecule has 1 N–H and O–H groups in total. The van der Waals surface area contributed by atoms with Gasteiger partial charge >= 0.3 is 6.09 Å². The zero-order chi connectivity index (χ0) is 29.3. The van der Waals surface area contributed by atoms with Crippen molar-refractivity contribution in [2.75, 3.05) is 13.1 Å². The van der Waals surface area contributed by atoms with Gasteiger partial charge < -0.3 is 19.6 Å². The largest absolute Gasteiger partial charge is 0.444 e. The van der Waals surface area contributed by atoms with E-state index in [0.29, 0.717) is 38.9 Å². The number of benzene rings is 2. The molecule has 0 radical (unpaired) electrons. The number of amides is 2. The van der Waals surface area contributed by atoms with Crippen molar-refractivity contribution in [3.05, 3.63) is 82.8 Å². The normalized spacial score (nSPS) is 16.2. The maximum Gasteiger partial charge on any atom is 0.410 e. The SMILES string of the molecule is Cn1cc2c(-c3cc(F)c(CN4Cc5ncccc5C4=O)c(F)c3)ccc(C3(O)CN(C(=O)OC(C)(C)C)C3)c2n1. The van der Waals surface area contributed by atoms with Crippen molar-refractivity contribution in [3.8, 4) is 11.1 Å². The minimum Gasteiger partial charge on any atom is -0.444 e. The van der Waals surface area contributed by atoms with Gasteiger partial charge in [-0.05, 0) is 56.2 Å². The first kappa shape index (κ1) is 26.8. The Kier molecular flexibility index (Phi) is 6.11. The minimum absolute atomic E-state index is 0.0273. The monoisotopic (exact) mass is 561 g/mol. The number of β-amino-alcohol motifs (C(OH)–C–C–N with tert-alkyl or cyclic N) is 1. The van der Waals surface area contributed by atoms with Crippen LogP contribution in [0.2, 0.25) is 0 Å². The number of pyridine rings is 1. The molecule has 2 aromatic heterocycles. The lowest BCUT2D eigenvalue weighted by Gasteiger charge is -2.46. The van der Waals surface area contributed by atoms with Gasteiger partial charge in [-0.2, -0.15) is 5.10 Å². The van der Waals surface area contributed by atoms with Crippen molar-refractivity contribution < 1.29 is 28.2 Å². The van der Waals surface area contributed by atoms with Crippen LogP contribution < -0.4 is 0 Å². The highest BCUT2D eigenvalue weighted by atomic mass is 19.1. The van der Waals surface area contributed by atoms with Gasteiger partial charge in [-0.25, -0.2) is 13.6 Å². The molecule has 0 aliphatic carbocycles. The van der Waals surface area contributed by atoms with Gasteiger partial charge in [-0.1, -0.05) is 12.1 Å². The number of aryl methyl sites for hydroxylation is 1. The summed E-state index contributed by atoms with van der Waals surface area (Å²) in [5.41, 5.74) is 0.597. The van der Waals surface area contributed by atoms with Crippen LogP contribution in [0.3, 0.4) is 0 Å². The maximum atomic E-state index is 15.4. The number of carbonyl (C=O) groups is 2. The third-order valence-corrected chi connectivity index (χ3v) is 7.40. The molecule has 0 atom stereocenters. The molecule has 2 aliphatic heterocycles. The van der Waals surface area contributed by atoms with E-state index in [0.717, 1.165) is 0 Å². The Morgan fingerprint density at radius 1 is 1.12 bits per heavy atom. The van der Waals surface area contributed by atoms with Crippen molar-refractivity contribution in [3.63, 3.8) is 0 Å². The number of nitrogens with zero attached hydrogens (tertiary/aromatic N) is 5. The quantitative estimate of drug-likeness (QED) is 0.394. The van der Waals surface area contributed by atoms with Crippen LogP contribution in [0.15, 0.2) is 48.8 Å². The molecule has 2 aromatic carbocycles. The third kappa shape index (κ3) is 4.69. The number of likely N-dealkylation sites (tertiary alicyclic amines) is 1. The van der Waals surface area contributed by atoms with Crippen LogP contribution in [0.25, 0.3) is 22.0 Å². The molecule has 9 nitrogen and oxygen atoms in total. The number of hydrogen-bond donors (Lipinski definition) is 1. The zero-order valence-electron chi connectivity index (χ0n) is 23.1. The Hall–Kier alpha value is -4.38. The number of carbonyl (C=O) groups excluding carboxylic acids is 2. The van der Waals surface area contributed by atoms with Gasteiger partial charge in [0.25, 0.3) is 5.91 Å². The first-order chi connectivity index (χ1) is 19.3. The van der Waals surface area contributed by atoms with Crippen molar-refractivity contribution in [2.45, 2.75) is 45.1 Å². The van der Waals surface area contributed by atoms with Gasteiger partial charge in [-0.15, -0.1) is 0 Å². The smallest absolute Gasteiger partial charge is 0.410 e. The molecular weight excluding hydrogens is 532 g/mol. The van der Waals surface area contributed by atoms with E-state index >= 15 is 8.78 Å². The second-order valence-electron chi connectivity index (χ2n) is 11.7. The molecule has 0 unspecified atom stereocenters. The molecule has 2 aliphatic rings. The first-order valence-electron chi connectivity index (χ1n) is 13.2. The Morgan fingerprint density at radius 2 is 1.83 bits per heavy atom. The van der Waals surface area contributed by atoms with Crippen LogP contribution >= 0.6 is 0 Å². The highest BCUT2D eigenvalue weighted by Gasteiger charge is 2.48. The van der Waals surface area contributed by atoms with E-state index in [9.17, 15) is 14.7 Å². The average molecular weight is 562 g/mol. The number of fused-ring (bicyclic) bond motifs is 2. The average Bonchev–Trinajstić information content (AvgIpc) is 3.41. The van der Waals surface area contributed by atoms with Gasteiger partial charge in [0.1, 0.15) is 22.8 Å². The van der Waals surface area contributed by atoms with E-state index in [4.69, 9.17) is 4.74 Å². The third-order valence-electron chi connectivity index (χ3n) is 7.40. The van der Waals surface area contributed by atoms with Crippen LogP contribution in [0, 0.1) is 11.6 Å². The summed E-state index contributed by atoms with van der Waals surface area (Å²) in [6, 6.07) is 9.16. The summed E-state index contributed by atoms with van der Waals surface area (Å²) in [5, 5.41) is 16.5. The van der Waals surface area contributed by atoms with E-state index in [-0.39, 0.29) is 37.6 Å². The molecule has 2 amide bonds. The highest BCUT2D eigenvalue weighted by molar-refractivity contribution is 5.98. The summed E-state index contributed by atoms with van der Waals surface area (Å²) < 4.78 is 37.7. The van der Waals surface area contributed by atoms with E-state index in [1.54, 1.807) is 69.2 Å². The number of rotatable bonds is 4. The molecule has 212 valence electrons. The van der Waals surface area contributed by atoms with Crippen LogP contribution in [-0.2, 0) is 30.5 Å². The van der Waals surface area contributed by atoms with Gasteiger partial charge in [0, 0.05) is 36.0 Å². The summed E-state index contributed by atoms with van der Waals surface area (Å²) in [6.07, 6.45) is 2.79. The Bertz CT molecular complexity index is 1700.